The van der Waals surface area contributed by atoms with Gasteiger partial charge in [-0.15, -0.1) is 62.7 Å². The van der Waals surface area contributed by atoms with Crippen molar-refractivity contribution in [2.45, 2.75) is 63.3 Å². The van der Waals surface area contributed by atoms with Crippen molar-refractivity contribution < 1.29 is 17.1 Å². The van der Waals surface area contributed by atoms with Gasteiger partial charge >= 0.3 is 0 Å². The monoisotopic (exact) mass is 535 g/mol. The zero-order valence-corrected chi connectivity index (χ0v) is 23.1. The quantitative estimate of drug-likeness (QED) is 0.273. The van der Waals surface area contributed by atoms with Crippen LogP contribution in [-0.2, 0) is 17.1 Å². The molecule has 0 spiro atoms. The molecule has 0 aromatic rings. The fourth-order valence-electron chi connectivity index (χ4n) is 0.462. The van der Waals surface area contributed by atoms with Gasteiger partial charge in [0.2, 0.25) is 0 Å². The van der Waals surface area contributed by atoms with Crippen molar-refractivity contribution in [3.8, 4) is 169 Å². The molecule has 0 amide bonds. The standard InChI is InChI=1S/C8H6.C7H4.C6H2.C5H4.C4H6.C3H4.C2H2.2CH4.Mn/c1-3-5-7-8-6-4-2;1-3-5-7-6-4-2;1-3-5-6-4-2;1-3-5-4-2;1-3-4-2;1-3-2;1-2;;;/h1-2H3;1H,2H3;1-2H;1H,2H3;1-2H3;1H,2H3;1-2H;2*1H4;. The molecule has 0 atom stereocenters. The third-order valence-corrected chi connectivity index (χ3v) is 1.41. The van der Waals surface area contributed by atoms with Crippen LogP contribution in [-0.4, -0.2) is 0 Å². The van der Waals surface area contributed by atoms with Gasteiger partial charge in [-0.3, -0.25) is 0 Å². The molecule has 0 unspecified atom stereocenters. The molecule has 0 bridgehead atoms. The molecule has 0 fully saturated rings. The van der Waals surface area contributed by atoms with E-state index in [4.69, 9.17) is 25.7 Å². The van der Waals surface area contributed by atoms with E-state index < -0.39 is 0 Å². The largest absolute Gasteiger partial charge is 0.124 e. The smallest absolute Gasteiger partial charge is 0 e. The predicted octanol–water partition coefficient (Wildman–Crippen LogP) is 5.77. The van der Waals surface area contributed by atoms with Gasteiger partial charge in [0.15, 0.2) is 0 Å². The fourth-order valence-corrected chi connectivity index (χ4v) is 0.462. The summed E-state index contributed by atoms with van der Waals surface area (Å²) in [7, 11) is 0. The van der Waals surface area contributed by atoms with Crippen LogP contribution in [0.2, 0.25) is 0 Å². The molecule has 0 aromatic carbocycles. The molecule has 0 nitrogen and oxygen atoms in total. The summed E-state index contributed by atoms with van der Waals surface area (Å²) in [6, 6.07) is 0. The van der Waals surface area contributed by atoms with Crippen LogP contribution in [0, 0.1) is 169 Å². The summed E-state index contributed by atoms with van der Waals surface area (Å²) >= 11 is 0. The van der Waals surface area contributed by atoms with Crippen LogP contribution in [0.3, 0.4) is 0 Å². The minimum Gasteiger partial charge on any atom is -0.124 e. The van der Waals surface area contributed by atoms with Gasteiger partial charge in [-0.1, -0.05) is 38.5 Å². The number of hydrogen-bond donors (Lipinski definition) is 0. The Labute approximate surface area is 249 Å². The first kappa shape index (κ1) is 63.7. The molecule has 1 radical (unpaired) electrons. The molecule has 191 valence electrons. The van der Waals surface area contributed by atoms with E-state index in [1.807, 2.05) is 13.8 Å². The maximum Gasteiger partial charge on any atom is 0 e. The van der Waals surface area contributed by atoms with Crippen molar-refractivity contribution in [3.63, 3.8) is 0 Å². The Morgan fingerprint density at radius 2 is 0.500 bits per heavy atom. The Morgan fingerprint density at radius 1 is 0.316 bits per heavy atom. The van der Waals surface area contributed by atoms with E-state index in [-0.39, 0.29) is 31.9 Å². The van der Waals surface area contributed by atoms with E-state index in [0.717, 1.165) is 0 Å². The molecule has 0 saturated carbocycles. The van der Waals surface area contributed by atoms with Gasteiger partial charge in [0, 0.05) is 17.1 Å². The molecular formula is C37H36Mn. The van der Waals surface area contributed by atoms with Gasteiger partial charge < -0.3 is 0 Å². The summed E-state index contributed by atoms with van der Waals surface area (Å²) in [5, 5.41) is 0. The van der Waals surface area contributed by atoms with Gasteiger partial charge in [-0.2, -0.15) is 0 Å². The SMILES string of the molecule is C.C.C#C.C#CC.C#CC#CC.C#CC#CC#C.C#CC#CC#CC.CC#CC.CC#CC#CC#CC.[Mn]. The zero-order valence-electron chi connectivity index (χ0n) is 21.9. The van der Waals surface area contributed by atoms with E-state index in [1.165, 1.54) is 0 Å². The number of rotatable bonds is 0. The van der Waals surface area contributed by atoms with Crippen molar-refractivity contribution in [2.75, 3.05) is 0 Å². The van der Waals surface area contributed by atoms with Crippen molar-refractivity contribution in [1.29, 1.82) is 0 Å². The summed E-state index contributed by atoms with van der Waals surface area (Å²) in [5.41, 5.74) is 0. The molecule has 38 heavy (non-hydrogen) atoms. The first-order chi connectivity index (χ1) is 17.0. The van der Waals surface area contributed by atoms with Crippen molar-refractivity contribution in [2.24, 2.45) is 0 Å². The second-order valence-corrected chi connectivity index (χ2v) is 3.62. The maximum atomic E-state index is 4.78. The summed E-state index contributed by atoms with van der Waals surface area (Å²) in [6.07, 6.45) is 31.5. The van der Waals surface area contributed by atoms with Crippen LogP contribution < -0.4 is 0 Å². The second-order valence-electron chi connectivity index (χ2n) is 3.62. The third kappa shape index (κ3) is 299. The minimum absolute atomic E-state index is 0. The normalized spacial score (nSPS) is 2.95. The minimum atomic E-state index is 0. The number of hydrogen-bond acceptors (Lipinski definition) is 0. The topological polar surface area (TPSA) is 0 Å². The Hall–Kier alpha value is -5.64. The zero-order chi connectivity index (χ0) is 28.8. The molecule has 0 saturated heterocycles. The van der Waals surface area contributed by atoms with Gasteiger partial charge in [-0.25, -0.2) is 0 Å². The van der Waals surface area contributed by atoms with Crippen LogP contribution >= 0.6 is 0 Å². The summed E-state index contributed by atoms with van der Waals surface area (Å²) in [5.74, 6) is 50.8. The Kier molecular flexibility index (Phi) is 205. The molecule has 0 rings (SSSR count). The Morgan fingerprint density at radius 3 is 0.632 bits per heavy atom. The van der Waals surface area contributed by atoms with Crippen molar-refractivity contribution in [1.82, 2.24) is 0 Å². The van der Waals surface area contributed by atoms with Gasteiger partial charge in [-0.05, 0) is 131 Å². The van der Waals surface area contributed by atoms with Gasteiger partial charge in [0.1, 0.15) is 0 Å². The molecule has 0 aliphatic heterocycles. The van der Waals surface area contributed by atoms with E-state index in [1.54, 1.807) is 34.6 Å². The predicted molar refractivity (Wildman–Crippen MR) is 169 cm³/mol. The molecule has 0 aliphatic rings. The summed E-state index contributed by atoms with van der Waals surface area (Å²) < 4.78 is 0. The van der Waals surface area contributed by atoms with Crippen LogP contribution in [0.1, 0.15) is 63.3 Å². The first-order valence-corrected chi connectivity index (χ1v) is 9.03. The van der Waals surface area contributed by atoms with Crippen molar-refractivity contribution in [3.05, 3.63) is 0 Å². The molecule has 0 aromatic heterocycles. The maximum absolute atomic E-state index is 4.78. The first-order valence-electron chi connectivity index (χ1n) is 9.03. The average Bonchev–Trinajstić information content (AvgIpc) is 2.89. The van der Waals surface area contributed by atoms with Crippen LogP contribution in [0.4, 0.5) is 0 Å². The van der Waals surface area contributed by atoms with Crippen LogP contribution in [0.25, 0.3) is 0 Å². The van der Waals surface area contributed by atoms with Crippen LogP contribution in [0.5, 0.6) is 0 Å². The third-order valence-electron chi connectivity index (χ3n) is 1.41. The van der Waals surface area contributed by atoms with Gasteiger partial charge in [0.05, 0.1) is 0 Å². The second kappa shape index (κ2) is 123. The van der Waals surface area contributed by atoms with E-state index in [9.17, 15) is 0 Å². The van der Waals surface area contributed by atoms with Gasteiger partial charge in [0.25, 0.3) is 0 Å². The molecule has 0 aliphatic carbocycles. The summed E-state index contributed by atoms with van der Waals surface area (Å²) in [6.45, 7) is 12.2. The number of terminal acetylenes is 6. The van der Waals surface area contributed by atoms with E-state index >= 15 is 0 Å². The average molecular weight is 536 g/mol. The Balaban J connectivity index is -0.0000000307. The summed E-state index contributed by atoms with van der Waals surface area (Å²) in [4.78, 5) is 0. The van der Waals surface area contributed by atoms with E-state index in [2.05, 4.69) is 144 Å². The molecule has 1 heteroatoms. The molecule has 0 heterocycles. The fraction of sp³-hybridized carbons (Fsp3) is 0.243. The molecular weight excluding hydrogens is 499 g/mol. The van der Waals surface area contributed by atoms with E-state index in [0.29, 0.717) is 0 Å². The molecule has 0 N–H and O–H groups in total. The van der Waals surface area contributed by atoms with Crippen molar-refractivity contribution >= 4 is 0 Å². The van der Waals surface area contributed by atoms with Crippen LogP contribution in [0.15, 0.2) is 0 Å². The Bertz CT molecular complexity index is 1200.